The summed E-state index contributed by atoms with van der Waals surface area (Å²) in [6.45, 7) is 3.52. The Hall–Kier alpha value is -3.02. The molecule has 6 nitrogen and oxygen atoms in total. The summed E-state index contributed by atoms with van der Waals surface area (Å²) in [6.07, 6.45) is 4.60. The average molecular weight is 348 g/mol. The van der Waals surface area contributed by atoms with Crippen molar-refractivity contribution in [2.24, 2.45) is 0 Å². The van der Waals surface area contributed by atoms with Crippen molar-refractivity contribution < 1.29 is 9.32 Å². The van der Waals surface area contributed by atoms with Crippen molar-refractivity contribution in [2.45, 2.75) is 39.2 Å². The molecule has 0 saturated carbocycles. The number of hydrogen-bond donors (Lipinski definition) is 1. The van der Waals surface area contributed by atoms with E-state index in [0.717, 1.165) is 41.9 Å². The van der Waals surface area contributed by atoms with Gasteiger partial charge in [-0.05, 0) is 33.1 Å². The van der Waals surface area contributed by atoms with Crippen molar-refractivity contribution in [3.63, 3.8) is 0 Å². The van der Waals surface area contributed by atoms with E-state index in [2.05, 4.69) is 15.5 Å². The van der Waals surface area contributed by atoms with E-state index < -0.39 is 0 Å². The molecule has 1 aromatic carbocycles. The van der Waals surface area contributed by atoms with Crippen LogP contribution in [0.3, 0.4) is 0 Å². The number of rotatable bonds is 3. The molecule has 1 amide bonds. The molecule has 0 fully saturated rings. The third kappa shape index (κ3) is 2.98. The van der Waals surface area contributed by atoms with E-state index in [4.69, 9.17) is 9.51 Å². The summed E-state index contributed by atoms with van der Waals surface area (Å²) in [5, 5.41) is 6.96. The third-order valence-electron chi connectivity index (χ3n) is 4.78. The van der Waals surface area contributed by atoms with E-state index in [1.54, 1.807) is 13.8 Å². The maximum Gasteiger partial charge on any atom is 0.257 e. The van der Waals surface area contributed by atoms with Crippen molar-refractivity contribution in [1.82, 2.24) is 20.4 Å². The second-order valence-electron chi connectivity index (χ2n) is 6.58. The normalized spacial score (nSPS) is 16.2. The highest BCUT2D eigenvalue weighted by Gasteiger charge is 2.26. The largest absolute Gasteiger partial charge is 0.361 e. The monoisotopic (exact) mass is 348 g/mol. The van der Waals surface area contributed by atoms with Gasteiger partial charge in [-0.2, -0.15) is 0 Å². The van der Waals surface area contributed by atoms with E-state index in [1.807, 2.05) is 36.5 Å². The highest BCUT2D eigenvalue weighted by molar-refractivity contribution is 5.96. The van der Waals surface area contributed by atoms with Crippen LogP contribution in [0.4, 0.5) is 0 Å². The first-order chi connectivity index (χ1) is 12.6. The lowest BCUT2D eigenvalue weighted by molar-refractivity contribution is 0.0930. The van der Waals surface area contributed by atoms with Gasteiger partial charge in [-0.3, -0.25) is 4.79 Å². The van der Waals surface area contributed by atoms with Crippen LogP contribution in [0.2, 0.25) is 0 Å². The van der Waals surface area contributed by atoms with Crippen LogP contribution >= 0.6 is 0 Å². The Morgan fingerprint density at radius 1 is 1.23 bits per heavy atom. The summed E-state index contributed by atoms with van der Waals surface area (Å²) in [5.41, 5.74) is 4.12. The SMILES string of the molecule is Cc1noc(C)c1C(=O)NC1CCCc2nc(-c3ccccc3)ncc21. The Bertz CT molecular complexity index is 930. The lowest BCUT2D eigenvalue weighted by Gasteiger charge is -2.25. The van der Waals surface area contributed by atoms with E-state index >= 15 is 0 Å². The van der Waals surface area contributed by atoms with Gasteiger partial charge in [-0.25, -0.2) is 9.97 Å². The highest BCUT2D eigenvalue weighted by atomic mass is 16.5. The van der Waals surface area contributed by atoms with Crippen LogP contribution in [-0.2, 0) is 6.42 Å². The van der Waals surface area contributed by atoms with Crippen LogP contribution in [0.1, 0.15) is 52.0 Å². The molecular weight excluding hydrogens is 328 g/mol. The van der Waals surface area contributed by atoms with Gasteiger partial charge in [0.25, 0.3) is 5.91 Å². The number of nitrogens with zero attached hydrogens (tertiary/aromatic N) is 3. The molecule has 0 saturated heterocycles. The minimum atomic E-state index is -0.161. The van der Waals surface area contributed by atoms with Gasteiger partial charge in [0.1, 0.15) is 11.3 Å². The van der Waals surface area contributed by atoms with Crippen molar-refractivity contribution in [3.05, 3.63) is 64.8 Å². The van der Waals surface area contributed by atoms with Gasteiger partial charge in [0.2, 0.25) is 0 Å². The van der Waals surface area contributed by atoms with Crippen LogP contribution in [0.15, 0.2) is 41.1 Å². The second kappa shape index (κ2) is 6.71. The van der Waals surface area contributed by atoms with Crippen LogP contribution in [-0.4, -0.2) is 21.0 Å². The summed E-state index contributed by atoms with van der Waals surface area (Å²) in [4.78, 5) is 21.9. The molecule has 1 unspecified atom stereocenters. The predicted molar refractivity (Wildman–Crippen MR) is 96.6 cm³/mol. The quantitative estimate of drug-likeness (QED) is 0.783. The van der Waals surface area contributed by atoms with Gasteiger partial charge in [0, 0.05) is 23.0 Å². The van der Waals surface area contributed by atoms with Crippen LogP contribution in [0.25, 0.3) is 11.4 Å². The van der Waals surface area contributed by atoms with Crippen LogP contribution in [0.5, 0.6) is 0 Å². The predicted octanol–water partition coefficient (Wildman–Crippen LogP) is 3.56. The molecule has 4 rings (SSSR count). The van der Waals surface area contributed by atoms with E-state index in [-0.39, 0.29) is 11.9 Å². The third-order valence-corrected chi connectivity index (χ3v) is 4.78. The zero-order valence-electron chi connectivity index (χ0n) is 14.8. The van der Waals surface area contributed by atoms with Gasteiger partial charge < -0.3 is 9.84 Å². The van der Waals surface area contributed by atoms with Gasteiger partial charge in [-0.15, -0.1) is 0 Å². The lowest BCUT2D eigenvalue weighted by Crippen LogP contribution is -2.32. The van der Waals surface area contributed by atoms with Gasteiger partial charge >= 0.3 is 0 Å². The van der Waals surface area contributed by atoms with Gasteiger partial charge in [0.15, 0.2) is 5.82 Å². The molecule has 0 radical (unpaired) electrons. The van der Waals surface area contributed by atoms with Crippen molar-refractivity contribution in [1.29, 1.82) is 0 Å². The minimum absolute atomic E-state index is 0.0928. The smallest absolute Gasteiger partial charge is 0.257 e. The number of fused-ring (bicyclic) bond motifs is 1. The summed E-state index contributed by atoms with van der Waals surface area (Å²) in [6, 6.07) is 9.84. The maximum absolute atomic E-state index is 12.7. The number of benzene rings is 1. The second-order valence-corrected chi connectivity index (χ2v) is 6.58. The molecule has 0 bridgehead atoms. The summed E-state index contributed by atoms with van der Waals surface area (Å²) < 4.78 is 5.10. The molecule has 3 aromatic rings. The first-order valence-corrected chi connectivity index (χ1v) is 8.78. The number of aryl methyl sites for hydroxylation is 3. The lowest BCUT2D eigenvalue weighted by atomic mass is 9.92. The van der Waals surface area contributed by atoms with Crippen molar-refractivity contribution in [3.8, 4) is 11.4 Å². The molecular formula is C20H20N4O2. The molecule has 1 aliphatic rings. The zero-order chi connectivity index (χ0) is 18.1. The molecule has 1 atom stereocenters. The van der Waals surface area contributed by atoms with E-state index in [1.165, 1.54) is 0 Å². The molecule has 2 heterocycles. The van der Waals surface area contributed by atoms with E-state index in [0.29, 0.717) is 17.0 Å². The zero-order valence-corrected chi connectivity index (χ0v) is 14.8. The number of carbonyl (C=O) groups excluding carboxylic acids is 1. The molecule has 0 spiro atoms. The number of hydrogen-bond acceptors (Lipinski definition) is 5. The van der Waals surface area contributed by atoms with Crippen molar-refractivity contribution in [2.75, 3.05) is 0 Å². The molecule has 1 N–H and O–H groups in total. The fraction of sp³-hybridized carbons (Fsp3) is 0.300. The fourth-order valence-electron chi connectivity index (χ4n) is 3.46. The summed E-state index contributed by atoms with van der Waals surface area (Å²) >= 11 is 0. The highest BCUT2D eigenvalue weighted by Crippen LogP contribution is 2.30. The number of aromatic nitrogens is 3. The van der Waals surface area contributed by atoms with Crippen molar-refractivity contribution >= 4 is 5.91 Å². The average Bonchev–Trinajstić information content (AvgIpc) is 3.00. The summed E-state index contributed by atoms with van der Waals surface area (Å²) in [5.74, 6) is 1.10. The Morgan fingerprint density at radius 2 is 2.04 bits per heavy atom. The van der Waals surface area contributed by atoms with E-state index in [9.17, 15) is 4.79 Å². The maximum atomic E-state index is 12.7. The first-order valence-electron chi connectivity index (χ1n) is 8.78. The Kier molecular flexibility index (Phi) is 4.24. The molecule has 0 aliphatic heterocycles. The molecule has 26 heavy (non-hydrogen) atoms. The molecule has 2 aromatic heterocycles. The Labute approximate surface area is 151 Å². The minimum Gasteiger partial charge on any atom is -0.361 e. The topological polar surface area (TPSA) is 80.9 Å². The standard InChI is InChI=1S/C20H20N4O2/c1-12-18(13(2)26-24-12)20(25)23-17-10-6-9-16-15(17)11-21-19(22-16)14-7-4-3-5-8-14/h3-5,7-8,11,17H,6,9-10H2,1-2H3,(H,23,25). The molecule has 6 heteroatoms. The fourth-order valence-corrected chi connectivity index (χ4v) is 3.46. The first kappa shape index (κ1) is 16.4. The van der Waals surface area contributed by atoms with Gasteiger partial charge in [0.05, 0.1) is 11.7 Å². The van der Waals surface area contributed by atoms with Gasteiger partial charge in [-0.1, -0.05) is 35.5 Å². The Morgan fingerprint density at radius 3 is 2.77 bits per heavy atom. The molecule has 132 valence electrons. The molecule has 1 aliphatic carbocycles. The summed E-state index contributed by atoms with van der Waals surface area (Å²) in [7, 11) is 0. The van der Waals surface area contributed by atoms with Crippen LogP contribution in [0, 0.1) is 13.8 Å². The Balaban J connectivity index is 1.61. The number of amides is 1. The number of nitrogens with one attached hydrogen (secondary N) is 1. The number of carbonyl (C=O) groups is 1. The van der Waals surface area contributed by atoms with Crippen LogP contribution < -0.4 is 5.32 Å².